The number of hydrogen-bond acceptors (Lipinski definition) is 5. The second-order valence-electron chi connectivity index (χ2n) is 5.68. The summed E-state index contributed by atoms with van der Waals surface area (Å²) in [5.41, 5.74) is 0.950. The van der Waals surface area contributed by atoms with Crippen LogP contribution in [0, 0.1) is 12.8 Å². The van der Waals surface area contributed by atoms with E-state index in [-0.39, 0.29) is 35.7 Å². The highest BCUT2D eigenvalue weighted by molar-refractivity contribution is 8.13. The van der Waals surface area contributed by atoms with Crippen molar-refractivity contribution in [3.63, 3.8) is 0 Å². The third-order valence-corrected chi connectivity index (χ3v) is 5.64. The van der Waals surface area contributed by atoms with E-state index < -0.39 is 26.7 Å². The lowest BCUT2D eigenvalue weighted by atomic mass is 9.74. The highest BCUT2D eigenvalue weighted by atomic mass is 35.7. The van der Waals surface area contributed by atoms with Crippen LogP contribution >= 0.6 is 10.7 Å². The smallest absolute Gasteiger partial charge is 0.261 e. The molecule has 0 aromatic heterocycles. The Kier molecular flexibility index (Phi) is 5.06. The van der Waals surface area contributed by atoms with Gasteiger partial charge in [-0.1, -0.05) is 19.1 Å². The van der Waals surface area contributed by atoms with Crippen molar-refractivity contribution >= 4 is 37.1 Å². The lowest BCUT2D eigenvalue weighted by Crippen LogP contribution is -2.39. The summed E-state index contributed by atoms with van der Waals surface area (Å²) in [4.78, 5) is 36.3. The molecule has 1 aromatic carbocycles. The fourth-order valence-corrected chi connectivity index (χ4v) is 4.13. The number of aryl methyl sites for hydroxylation is 1. The standard InChI is InChI=1S/C16H17ClO5S/c1-3-12(18)15-13(19)7-6-11(16(15)20)10-5-4-9(2)14(8-10)23(17,21)22/h4-5,8,11,15H,3,6-7H2,1-2H3. The average Bonchev–Trinajstić information content (AvgIpc) is 2.47. The van der Waals surface area contributed by atoms with Gasteiger partial charge in [-0.2, -0.15) is 0 Å². The molecule has 2 rings (SSSR count). The molecule has 1 aromatic rings. The molecule has 0 aliphatic heterocycles. The molecule has 0 heterocycles. The van der Waals surface area contributed by atoms with E-state index in [1.807, 2.05) is 0 Å². The third kappa shape index (κ3) is 3.53. The van der Waals surface area contributed by atoms with Gasteiger partial charge in [0.05, 0.1) is 4.90 Å². The van der Waals surface area contributed by atoms with Gasteiger partial charge in [-0.25, -0.2) is 8.42 Å². The normalized spacial score (nSPS) is 22.2. The first-order valence-corrected chi connectivity index (χ1v) is 9.62. The van der Waals surface area contributed by atoms with Crippen molar-refractivity contribution in [3.8, 4) is 0 Å². The maximum atomic E-state index is 12.6. The average molecular weight is 357 g/mol. The first-order valence-electron chi connectivity index (χ1n) is 7.31. The summed E-state index contributed by atoms with van der Waals surface area (Å²) in [7, 11) is 1.48. The topological polar surface area (TPSA) is 85.3 Å². The van der Waals surface area contributed by atoms with Crippen LogP contribution in [0.5, 0.6) is 0 Å². The number of carbonyl (C=O) groups is 3. The van der Waals surface area contributed by atoms with E-state index in [2.05, 4.69) is 0 Å². The molecule has 1 aliphatic carbocycles. The second kappa shape index (κ2) is 6.53. The molecule has 1 aliphatic rings. The molecule has 7 heteroatoms. The van der Waals surface area contributed by atoms with Crippen LogP contribution in [0.3, 0.4) is 0 Å². The Hall–Kier alpha value is -1.53. The number of halogens is 1. The summed E-state index contributed by atoms with van der Waals surface area (Å²) in [6.45, 7) is 3.21. The van der Waals surface area contributed by atoms with Gasteiger partial charge in [-0.3, -0.25) is 14.4 Å². The first kappa shape index (κ1) is 17.8. The Labute approximate surface area is 139 Å². The Morgan fingerprint density at radius 2 is 1.96 bits per heavy atom. The van der Waals surface area contributed by atoms with Crippen LogP contribution in [0.1, 0.15) is 43.2 Å². The van der Waals surface area contributed by atoms with Gasteiger partial charge in [0.15, 0.2) is 17.3 Å². The number of carbonyl (C=O) groups excluding carboxylic acids is 3. The van der Waals surface area contributed by atoms with Gasteiger partial charge in [-0.15, -0.1) is 0 Å². The van der Waals surface area contributed by atoms with Crippen molar-refractivity contribution in [2.75, 3.05) is 0 Å². The summed E-state index contributed by atoms with van der Waals surface area (Å²) >= 11 is 0. The lowest BCUT2D eigenvalue weighted by Gasteiger charge is -2.26. The Bertz CT molecular complexity index is 774. The summed E-state index contributed by atoms with van der Waals surface area (Å²) in [5, 5.41) is 0. The van der Waals surface area contributed by atoms with Crippen LogP contribution in [0.4, 0.5) is 0 Å². The van der Waals surface area contributed by atoms with Crippen molar-refractivity contribution in [1.29, 1.82) is 0 Å². The van der Waals surface area contributed by atoms with Crippen LogP contribution in [0.15, 0.2) is 23.1 Å². The minimum atomic E-state index is -3.93. The van der Waals surface area contributed by atoms with Crippen molar-refractivity contribution in [1.82, 2.24) is 0 Å². The van der Waals surface area contributed by atoms with Gasteiger partial charge >= 0.3 is 0 Å². The van der Waals surface area contributed by atoms with Crippen LogP contribution in [0.2, 0.25) is 0 Å². The van der Waals surface area contributed by atoms with Gasteiger partial charge in [0.25, 0.3) is 9.05 Å². The molecule has 5 nitrogen and oxygen atoms in total. The van der Waals surface area contributed by atoms with Crippen LogP contribution < -0.4 is 0 Å². The minimum absolute atomic E-state index is 0.0558. The van der Waals surface area contributed by atoms with E-state index in [0.717, 1.165) is 0 Å². The molecule has 0 amide bonds. The predicted octanol–water partition coefficient (Wildman–Crippen LogP) is 2.53. The van der Waals surface area contributed by atoms with E-state index in [1.54, 1.807) is 26.0 Å². The van der Waals surface area contributed by atoms with Crippen molar-refractivity contribution in [2.45, 2.75) is 43.9 Å². The molecule has 0 bridgehead atoms. The fraction of sp³-hybridized carbons (Fsp3) is 0.438. The summed E-state index contributed by atoms with van der Waals surface area (Å²) < 4.78 is 23.2. The quantitative estimate of drug-likeness (QED) is 0.611. The van der Waals surface area contributed by atoms with E-state index in [1.165, 1.54) is 6.07 Å². The lowest BCUT2D eigenvalue weighted by molar-refractivity contribution is -0.143. The minimum Gasteiger partial charge on any atom is -0.298 e. The Morgan fingerprint density at radius 3 is 2.52 bits per heavy atom. The molecule has 0 spiro atoms. The van der Waals surface area contributed by atoms with E-state index in [4.69, 9.17) is 10.7 Å². The summed E-state index contributed by atoms with van der Waals surface area (Å²) in [5.74, 6) is -3.07. The number of Topliss-reactive ketones (excluding diaryl/α,β-unsaturated/α-hetero) is 3. The SMILES string of the molecule is CCC(=O)C1C(=O)CCC(c2ccc(C)c(S(=O)(=O)Cl)c2)C1=O. The van der Waals surface area contributed by atoms with Crippen molar-refractivity contribution < 1.29 is 22.8 Å². The molecule has 2 atom stereocenters. The number of benzene rings is 1. The molecular formula is C16H17ClO5S. The fourth-order valence-electron chi connectivity index (χ4n) is 2.90. The Morgan fingerprint density at radius 1 is 1.30 bits per heavy atom. The molecule has 124 valence electrons. The van der Waals surface area contributed by atoms with Gasteiger partial charge in [-0.05, 0) is 30.5 Å². The Balaban J connectivity index is 2.45. The summed E-state index contributed by atoms with van der Waals surface area (Å²) in [6, 6.07) is 4.58. The summed E-state index contributed by atoms with van der Waals surface area (Å²) in [6.07, 6.45) is 0.518. The van der Waals surface area contributed by atoms with Gasteiger partial charge < -0.3 is 0 Å². The number of ketones is 3. The van der Waals surface area contributed by atoms with Crippen LogP contribution in [0.25, 0.3) is 0 Å². The number of rotatable bonds is 4. The molecule has 1 fully saturated rings. The maximum absolute atomic E-state index is 12.6. The van der Waals surface area contributed by atoms with E-state index in [0.29, 0.717) is 11.1 Å². The van der Waals surface area contributed by atoms with Crippen molar-refractivity contribution in [2.24, 2.45) is 5.92 Å². The zero-order valence-electron chi connectivity index (χ0n) is 12.8. The van der Waals surface area contributed by atoms with Crippen LogP contribution in [-0.4, -0.2) is 25.8 Å². The highest BCUT2D eigenvalue weighted by Crippen LogP contribution is 2.34. The third-order valence-electron chi connectivity index (χ3n) is 4.18. The second-order valence-corrected chi connectivity index (χ2v) is 8.21. The van der Waals surface area contributed by atoms with E-state index in [9.17, 15) is 22.8 Å². The zero-order valence-corrected chi connectivity index (χ0v) is 14.4. The van der Waals surface area contributed by atoms with Crippen molar-refractivity contribution in [3.05, 3.63) is 29.3 Å². The molecule has 0 N–H and O–H groups in total. The molecule has 23 heavy (non-hydrogen) atoms. The molecule has 2 unspecified atom stereocenters. The van der Waals surface area contributed by atoms with Gasteiger partial charge in [0.2, 0.25) is 0 Å². The molecular weight excluding hydrogens is 340 g/mol. The molecule has 0 saturated heterocycles. The largest absolute Gasteiger partial charge is 0.298 e. The number of hydrogen-bond donors (Lipinski definition) is 0. The van der Waals surface area contributed by atoms with E-state index >= 15 is 0 Å². The maximum Gasteiger partial charge on any atom is 0.261 e. The predicted molar refractivity (Wildman–Crippen MR) is 85.0 cm³/mol. The van der Waals surface area contributed by atoms with Crippen LogP contribution in [-0.2, 0) is 23.4 Å². The molecule has 0 radical (unpaired) electrons. The highest BCUT2D eigenvalue weighted by Gasteiger charge is 2.41. The zero-order chi connectivity index (χ0) is 17.4. The monoisotopic (exact) mass is 356 g/mol. The molecule has 1 saturated carbocycles. The van der Waals surface area contributed by atoms with Gasteiger partial charge in [0, 0.05) is 29.4 Å². The first-order chi connectivity index (χ1) is 10.7. The van der Waals surface area contributed by atoms with Gasteiger partial charge in [0.1, 0.15) is 5.92 Å².